The maximum atomic E-state index is 13.4. The summed E-state index contributed by atoms with van der Waals surface area (Å²) in [5.41, 5.74) is 0.991. The van der Waals surface area contributed by atoms with Gasteiger partial charge in [-0.3, -0.25) is 9.69 Å². The average Bonchev–Trinajstić information content (AvgIpc) is 3.37. The Morgan fingerprint density at radius 1 is 1.20 bits per heavy atom. The number of aryl methyl sites for hydroxylation is 1. The number of carbonyl (C=O) groups excluding carboxylic acids is 1. The van der Waals surface area contributed by atoms with Crippen LogP contribution in [0, 0.1) is 6.92 Å². The molecule has 5 heterocycles. The molecule has 0 N–H and O–H groups in total. The largest absolute Gasteiger partial charge is 0.378 e. The van der Waals surface area contributed by atoms with Crippen LogP contribution in [-0.4, -0.2) is 71.7 Å². The molecule has 30 heavy (non-hydrogen) atoms. The molecule has 2 aliphatic heterocycles. The number of thiazole rings is 1. The Hall–Kier alpha value is -1.91. The molecule has 7 nitrogen and oxygen atoms in total. The van der Waals surface area contributed by atoms with E-state index in [1.54, 1.807) is 17.5 Å². The number of fused-ring (bicyclic) bond motifs is 1. The van der Waals surface area contributed by atoms with E-state index in [0.29, 0.717) is 32.9 Å². The number of hydrogen-bond acceptors (Lipinski definition) is 8. The number of pyridine rings is 1. The van der Waals surface area contributed by atoms with Crippen LogP contribution in [0.3, 0.4) is 0 Å². The van der Waals surface area contributed by atoms with Gasteiger partial charge in [0, 0.05) is 60.9 Å². The monoisotopic (exact) mass is 444 g/mol. The van der Waals surface area contributed by atoms with Crippen LogP contribution in [-0.2, 0) is 16.0 Å². The van der Waals surface area contributed by atoms with Crippen LogP contribution < -0.4 is 0 Å². The Labute approximate surface area is 183 Å². The second-order valence-corrected chi connectivity index (χ2v) is 9.86. The molecule has 9 heteroatoms. The molecule has 2 saturated heterocycles. The first-order chi connectivity index (χ1) is 14.7. The summed E-state index contributed by atoms with van der Waals surface area (Å²) in [6.07, 6.45) is 3.60. The highest BCUT2D eigenvalue weighted by atomic mass is 32.1. The van der Waals surface area contributed by atoms with Crippen molar-refractivity contribution in [1.29, 1.82) is 0 Å². The molecule has 3 aromatic heterocycles. The highest BCUT2D eigenvalue weighted by Gasteiger charge is 2.32. The van der Waals surface area contributed by atoms with Crippen LogP contribution in [0.15, 0.2) is 24.5 Å². The third-order valence-corrected chi connectivity index (χ3v) is 7.53. The molecule has 3 aromatic rings. The van der Waals surface area contributed by atoms with Crippen molar-refractivity contribution in [3.63, 3.8) is 0 Å². The smallest absolute Gasteiger partial charge is 0.264 e. The second kappa shape index (κ2) is 8.68. The summed E-state index contributed by atoms with van der Waals surface area (Å²) >= 11 is 3.21. The number of ether oxygens (including phenoxy) is 2. The van der Waals surface area contributed by atoms with Gasteiger partial charge in [0.1, 0.15) is 9.71 Å². The summed E-state index contributed by atoms with van der Waals surface area (Å²) in [7, 11) is 0. The number of nitrogens with zero attached hydrogens (tertiary/aromatic N) is 4. The Bertz CT molecular complexity index is 1040. The van der Waals surface area contributed by atoms with Gasteiger partial charge < -0.3 is 14.4 Å². The summed E-state index contributed by atoms with van der Waals surface area (Å²) in [5.74, 6) is 0.0649. The van der Waals surface area contributed by atoms with Crippen molar-refractivity contribution in [1.82, 2.24) is 19.8 Å². The number of carbonyl (C=O) groups is 1. The van der Waals surface area contributed by atoms with Gasteiger partial charge >= 0.3 is 0 Å². The van der Waals surface area contributed by atoms with Crippen molar-refractivity contribution in [2.24, 2.45) is 0 Å². The molecule has 2 fully saturated rings. The summed E-state index contributed by atoms with van der Waals surface area (Å²) in [6, 6.07) is 3.99. The lowest BCUT2D eigenvalue weighted by atomic mass is 10.0. The maximum absolute atomic E-state index is 13.4. The lowest BCUT2D eigenvalue weighted by molar-refractivity contribution is -0.0322. The van der Waals surface area contributed by atoms with Crippen LogP contribution in [0.25, 0.3) is 10.2 Å². The standard InChI is InChI=1S/C21H24N4O3S2/c1-14-23-11-15(29-14)12-24-5-10-28-17(13-24)18-16-3-2-4-22-20(16)30-19(18)21(26)25-6-8-27-9-7-25/h2-4,11,17H,5-10,12-13H2,1H3. The maximum Gasteiger partial charge on any atom is 0.264 e. The van der Waals surface area contributed by atoms with E-state index in [1.165, 1.54) is 16.2 Å². The highest BCUT2D eigenvalue weighted by Crippen LogP contribution is 2.38. The molecule has 158 valence electrons. The van der Waals surface area contributed by atoms with E-state index in [9.17, 15) is 4.79 Å². The van der Waals surface area contributed by atoms with Gasteiger partial charge in [0.15, 0.2) is 0 Å². The molecule has 0 spiro atoms. The van der Waals surface area contributed by atoms with Crippen molar-refractivity contribution in [2.45, 2.75) is 19.6 Å². The van der Waals surface area contributed by atoms with Crippen molar-refractivity contribution in [2.75, 3.05) is 46.0 Å². The zero-order valence-electron chi connectivity index (χ0n) is 16.9. The second-order valence-electron chi connectivity index (χ2n) is 7.55. The van der Waals surface area contributed by atoms with E-state index in [0.717, 1.165) is 45.3 Å². The molecule has 1 amide bonds. The zero-order chi connectivity index (χ0) is 20.5. The van der Waals surface area contributed by atoms with Crippen LogP contribution in [0.4, 0.5) is 0 Å². The lowest BCUT2D eigenvalue weighted by Gasteiger charge is -2.33. The van der Waals surface area contributed by atoms with Gasteiger partial charge in [0.05, 0.1) is 30.9 Å². The summed E-state index contributed by atoms with van der Waals surface area (Å²) in [6.45, 7) is 7.60. The zero-order valence-corrected chi connectivity index (χ0v) is 18.5. The third kappa shape index (κ3) is 4.00. The molecule has 0 aromatic carbocycles. The topological polar surface area (TPSA) is 67.8 Å². The fourth-order valence-corrected chi connectivity index (χ4v) is 6.06. The Balaban J connectivity index is 1.45. The summed E-state index contributed by atoms with van der Waals surface area (Å²) < 4.78 is 11.6. The summed E-state index contributed by atoms with van der Waals surface area (Å²) in [5, 5.41) is 2.11. The normalized spacial score (nSPS) is 20.7. The van der Waals surface area contributed by atoms with Crippen molar-refractivity contribution >= 4 is 38.8 Å². The minimum Gasteiger partial charge on any atom is -0.378 e. The van der Waals surface area contributed by atoms with Crippen molar-refractivity contribution in [3.05, 3.63) is 44.9 Å². The molecular weight excluding hydrogens is 420 g/mol. The van der Waals surface area contributed by atoms with E-state index < -0.39 is 0 Å². The first-order valence-electron chi connectivity index (χ1n) is 10.2. The number of morpholine rings is 2. The van der Waals surface area contributed by atoms with Gasteiger partial charge in [-0.1, -0.05) is 6.07 Å². The predicted molar refractivity (Wildman–Crippen MR) is 117 cm³/mol. The molecule has 0 bridgehead atoms. The van der Waals surface area contributed by atoms with Crippen molar-refractivity contribution in [3.8, 4) is 0 Å². The third-order valence-electron chi connectivity index (χ3n) is 5.52. The summed E-state index contributed by atoms with van der Waals surface area (Å²) in [4.78, 5) is 29.5. The van der Waals surface area contributed by atoms with Gasteiger partial charge in [-0.2, -0.15) is 0 Å². The van der Waals surface area contributed by atoms with Crippen LogP contribution in [0.1, 0.15) is 31.2 Å². The fraction of sp³-hybridized carbons (Fsp3) is 0.476. The Morgan fingerprint density at radius 3 is 2.87 bits per heavy atom. The molecule has 1 atom stereocenters. The molecule has 0 saturated carbocycles. The minimum atomic E-state index is -0.147. The molecule has 0 radical (unpaired) electrons. The first kappa shape index (κ1) is 20.0. The Kier molecular flexibility index (Phi) is 5.79. The number of rotatable bonds is 4. The molecule has 0 aliphatic carbocycles. The number of thiophene rings is 1. The highest BCUT2D eigenvalue weighted by molar-refractivity contribution is 7.20. The van der Waals surface area contributed by atoms with Gasteiger partial charge in [0.2, 0.25) is 0 Å². The molecule has 2 aliphatic rings. The van der Waals surface area contributed by atoms with E-state index >= 15 is 0 Å². The minimum absolute atomic E-state index is 0.0649. The quantitative estimate of drug-likeness (QED) is 0.616. The van der Waals surface area contributed by atoms with Gasteiger partial charge in [-0.25, -0.2) is 9.97 Å². The van der Waals surface area contributed by atoms with E-state index in [4.69, 9.17) is 9.47 Å². The van der Waals surface area contributed by atoms with Gasteiger partial charge in [0.25, 0.3) is 5.91 Å². The van der Waals surface area contributed by atoms with E-state index in [1.807, 2.05) is 24.1 Å². The lowest BCUT2D eigenvalue weighted by Crippen LogP contribution is -2.41. The van der Waals surface area contributed by atoms with Gasteiger partial charge in [-0.05, 0) is 13.0 Å². The fourth-order valence-electron chi connectivity index (χ4n) is 4.06. The first-order valence-corrected chi connectivity index (χ1v) is 11.8. The predicted octanol–water partition coefficient (Wildman–Crippen LogP) is 3.11. The van der Waals surface area contributed by atoms with Crippen molar-refractivity contribution < 1.29 is 14.3 Å². The molecule has 1 unspecified atom stereocenters. The van der Waals surface area contributed by atoms with E-state index in [2.05, 4.69) is 20.9 Å². The van der Waals surface area contributed by atoms with Crippen LogP contribution >= 0.6 is 22.7 Å². The number of aromatic nitrogens is 2. The SMILES string of the molecule is Cc1ncc(CN2CCOC(c3c(C(=O)N4CCOCC4)sc4ncccc34)C2)s1. The molecular formula is C21H24N4O3S2. The van der Waals surface area contributed by atoms with Crippen LogP contribution in [0.2, 0.25) is 0 Å². The number of amides is 1. The number of hydrogen-bond donors (Lipinski definition) is 0. The molecule has 5 rings (SSSR count). The van der Waals surface area contributed by atoms with Gasteiger partial charge in [-0.15, -0.1) is 22.7 Å². The Morgan fingerprint density at radius 2 is 2.07 bits per heavy atom. The average molecular weight is 445 g/mol. The van der Waals surface area contributed by atoms with Crippen LogP contribution in [0.5, 0.6) is 0 Å². The van der Waals surface area contributed by atoms with E-state index in [-0.39, 0.29) is 12.0 Å².